The highest BCUT2D eigenvalue weighted by Gasteiger charge is 2.22. The van der Waals surface area contributed by atoms with E-state index < -0.39 is 0 Å². The zero-order chi connectivity index (χ0) is 19.6. The largest absolute Gasteiger partial charge is 0.480 e. The Morgan fingerprint density at radius 3 is 2.70 bits per heavy atom. The average molecular weight is 406 g/mol. The van der Waals surface area contributed by atoms with Gasteiger partial charge in [-0.3, -0.25) is 4.79 Å². The van der Waals surface area contributed by atoms with Crippen molar-refractivity contribution in [1.29, 1.82) is 0 Å². The molecular weight excluding hydrogens is 386 g/mol. The molecule has 0 bridgehead atoms. The zero-order valence-electron chi connectivity index (χ0n) is 15.5. The summed E-state index contributed by atoms with van der Waals surface area (Å²) < 4.78 is 10.5. The van der Waals surface area contributed by atoms with E-state index in [1.165, 1.54) is 11.3 Å². The Kier molecular flexibility index (Phi) is 5.94. The number of aromatic nitrogens is 2. The van der Waals surface area contributed by atoms with Gasteiger partial charge in [-0.05, 0) is 31.0 Å². The first-order valence-corrected chi connectivity index (χ1v) is 9.54. The summed E-state index contributed by atoms with van der Waals surface area (Å²) >= 11 is 7.55. The molecule has 3 rings (SSSR count). The molecule has 0 saturated carbocycles. The number of methoxy groups -OCH3 is 2. The van der Waals surface area contributed by atoms with Crippen molar-refractivity contribution >= 4 is 39.1 Å². The lowest BCUT2D eigenvalue weighted by atomic mass is 10.1. The molecule has 1 atom stereocenters. The smallest absolute Gasteiger partial charge is 0.262 e. The molecule has 2 heterocycles. The summed E-state index contributed by atoms with van der Waals surface area (Å²) in [5, 5.41) is 4.37. The number of aryl methyl sites for hydroxylation is 1. The molecule has 0 radical (unpaired) electrons. The molecule has 1 aromatic carbocycles. The molecule has 27 heavy (non-hydrogen) atoms. The standard InChI is InChI=1S/C19H20ClN3O3S/c1-10-15-18(26-4)22-14(9-25-3)23-19(15)27-16(10)17(24)21-11(2)12-7-5-6-8-13(12)20/h5-8,11H,9H2,1-4H3,(H,21,24). The van der Waals surface area contributed by atoms with Gasteiger partial charge in [0.15, 0.2) is 5.82 Å². The molecule has 1 unspecified atom stereocenters. The number of hydrogen-bond donors (Lipinski definition) is 1. The van der Waals surface area contributed by atoms with Gasteiger partial charge in [-0.1, -0.05) is 29.8 Å². The van der Waals surface area contributed by atoms with E-state index in [0.29, 0.717) is 26.4 Å². The fourth-order valence-corrected chi connectivity index (χ4v) is 4.26. The van der Waals surface area contributed by atoms with Gasteiger partial charge in [0.05, 0.1) is 23.4 Å². The van der Waals surface area contributed by atoms with Gasteiger partial charge >= 0.3 is 0 Å². The molecule has 3 aromatic rings. The minimum Gasteiger partial charge on any atom is -0.480 e. The second-order valence-electron chi connectivity index (χ2n) is 6.04. The van der Waals surface area contributed by atoms with Gasteiger partial charge in [-0.25, -0.2) is 4.98 Å². The minimum atomic E-state index is -0.229. The van der Waals surface area contributed by atoms with Crippen LogP contribution in [0.1, 0.15) is 39.6 Å². The summed E-state index contributed by atoms with van der Waals surface area (Å²) in [4.78, 5) is 23.0. The van der Waals surface area contributed by atoms with E-state index in [0.717, 1.165) is 16.5 Å². The van der Waals surface area contributed by atoms with Crippen LogP contribution in [0.15, 0.2) is 24.3 Å². The molecule has 2 aromatic heterocycles. The van der Waals surface area contributed by atoms with Gasteiger partial charge < -0.3 is 14.8 Å². The second-order valence-corrected chi connectivity index (χ2v) is 7.44. The molecular formula is C19H20ClN3O3S. The lowest BCUT2D eigenvalue weighted by Gasteiger charge is -2.15. The number of ether oxygens (including phenoxy) is 2. The fraction of sp³-hybridized carbons (Fsp3) is 0.316. The predicted molar refractivity (Wildman–Crippen MR) is 107 cm³/mol. The molecule has 8 heteroatoms. The van der Waals surface area contributed by atoms with Gasteiger partial charge in [0.2, 0.25) is 5.88 Å². The number of benzene rings is 1. The van der Waals surface area contributed by atoms with Crippen molar-refractivity contribution in [2.75, 3.05) is 14.2 Å². The summed E-state index contributed by atoms with van der Waals surface area (Å²) in [6.07, 6.45) is 0. The average Bonchev–Trinajstić information content (AvgIpc) is 2.98. The first-order chi connectivity index (χ1) is 13.0. The summed E-state index contributed by atoms with van der Waals surface area (Å²) in [6.45, 7) is 4.04. The number of halogens is 1. The summed E-state index contributed by atoms with van der Waals surface area (Å²) in [7, 11) is 3.13. The molecule has 0 aliphatic heterocycles. The topological polar surface area (TPSA) is 73.3 Å². The van der Waals surface area contributed by atoms with E-state index in [1.807, 2.05) is 38.1 Å². The van der Waals surface area contributed by atoms with Crippen molar-refractivity contribution < 1.29 is 14.3 Å². The Balaban J connectivity index is 1.95. The van der Waals surface area contributed by atoms with Gasteiger partial charge in [0.1, 0.15) is 11.4 Å². The Morgan fingerprint density at radius 2 is 2.04 bits per heavy atom. The molecule has 1 N–H and O–H groups in total. The lowest BCUT2D eigenvalue weighted by Crippen LogP contribution is -2.26. The maximum atomic E-state index is 12.9. The van der Waals surface area contributed by atoms with Crippen LogP contribution in [0, 0.1) is 6.92 Å². The highest BCUT2D eigenvalue weighted by molar-refractivity contribution is 7.20. The zero-order valence-corrected chi connectivity index (χ0v) is 17.1. The third-order valence-corrected chi connectivity index (χ3v) is 5.72. The third-order valence-electron chi connectivity index (χ3n) is 4.20. The van der Waals surface area contributed by atoms with Crippen LogP contribution in [0.4, 0.5) is 0 Å². The molecule has 0 spiro atoms. The number of fused-ring (bicyclic) bond motifs is 1. The van der Waals surface area contributed by atoms with Gasteiger partial charge in [0.25, 0.3) is 5.91 Å². The molecule has 1 amide bonds. The highest BCUT2D eigenvalue weighted by Crippen LogP contribution is 2.35. The SMILES string of the molecule is COCc1nc(OC)c2c(C)c(C(=O)NC(C)c3ccccc3Cl)sc2n1. The minimum absolute atomic E-state index is 0.182. The molecule has 142 valence electrons. The van der Waals surface area contributed by atoms with Gasteiger partial charge in [-0.2, -0.15) is 4.98 Å². The van der Waals surface area contributed by atoms with Crippen LogP contribution in [0.25, 0.3) is 10.2 Å². The summed E-state index contributed by atoms with van der Waals surface area (Å²) in [5.41, 5.74) is 1.66. The van der Waals surface area contributed by atoms with Crippen LogP contribution >= 0.6 is 22.9 Å². The maximum Gasteiger partial charge on any atom is 0.262 e. The molecule has 0 aliphatic carbocycles. The molecule has 0 saturated heterocycles. The van der Waals surface area contributed by atoms with Crippen molar-refractivity contribution in [3.63, 3.8) is 0 Å². The van der Waals surface area contributed by atoms with Crippen LogP contribution in [-0.4, -0.2) is 30.1 Å². The fourth-order valence-electron chi connectivity index (χ4n) is 2.87. The number of nitrogens with zero attached hydrogens (tertiary/aromatic N) is 2. The number of carbonyl (C=O) groups excluding carboxylic acids is 1. The van der Waals surface area contributed by atoms with E-state index in [2.05, 4.69) is 15.3 Å². The van der Waals surface area contributed by atoms with Gasteiger partial charge in [-0.15, -0.1) is 11.3 Å². The van der Waals surface area contributed by atoms with Crippen LogP contribution in [0.2, 0.25) is 5.02 Å². The molecule has 6 nitrogen and oxygen atoms in total. The molecule has 0 aliphatic rings. The number of thiophene rings is 1. The monoisotopic (exact) mass is 405 g/mol. The Hall–Kier alpha value is -2.22. The van der Waals surface area contributed by atoms with Crippen molar-refractivity contribution in [3.05, 3.63) is 51.1 Å². The van der Waals surface area contributed by atoms with E-state index in [-0.39, 0.29) is 18.6 Å². The van der Waals surface area contributed by atoms with Crippen LogP contribution < -0.4 is 10.1 Å². The van der Waals surface area contributed by atoms with Gasteiger partial charge in [0, 0.05) is 12.1 Å². The number of carbonyl (C=O) groups is 1. The first kappa shape index (κ1) is 19.5. The Morgan fingerprint density at radius 1 is 1.30 bits per heavy atom. The normalized spacial score (nSPS) is 12.2. The number of hydrogen-bond acceptors (Lipinski definition) is 6. The lowest BCUT2D eigenvalue weighted by molar-refractivity contribution is 0.0943. The third kappa shape index (κ3) is 3.90. The van der Waals surface area contributed by atoms with Crippen molar-refractivity contribution in [3.8, 4) is 5.88 Å². The van der Waals surface area contributed by atoms with Crippen LogP contribution in [0.3, 0.4) is 0 Å². The maximum absolute atomic E-state index is 12.9. The van der Waals surface area contributed by atoms with E-state index in [1.54, 1.807) is 14.2 Å². The number of amides is 1. The van der Waals surface area contributed by atoms with Crippen molar-refractivity contribution in [2.24, 2.45) is 0 Å². The Labute approximate surface area is 166 Å². The van der Waals surface area contributed by atoms with Crippen molar-refractivity contribution in [1.82, 2.24) is 15.3 Å². The van der Waals surface area contributed by atoms with Crippen LogP contribution in [-0.2, 0) is 11.3 Å². The van der Waals surface area contributed by atoms with E-state index >= 15 is 0 Å². The highest BCUT2D eigenvalue weighted by atomic mass is 35.5. The summed E-state index contributed by atoms with van der Waals surface area (Å²) in [5.74, 6) is 0.775. The quantitative estimate of drug-likeness (QED) is 0.661. The second kappa shape index (κ2) is 8.21. The van der Waals surface area contributed by atoms with E-state index in [9.17, 15) is 4.79 Å². The predicted octanol–water partition coefficient (Wildman–Crippen LogP) is 4.30. The van der Waals surface area contributed by atoms with Crippen LogP contribution in [0.5, 0.6) is 5.88 Å². The molecule has 0 fully saturated rings. The van der Waals surface area contributed by atoms with Crippen molar-refractivity contribution in [2.45, 2.75) is 26.5 Å². The van der Waals surface area contributed by atoms with E-state index in [4.69, 9.17) is 21.1 Å². The Bertz CT molecular complexity index is 990. The summed E-state index contributed by atoms with van der Waals surface area (Å²) in [6, 6.07) is 7.23. The number of rotatable bonds is 6. The first-order valence-electron chi connectivity index (χ1n) is 8.34. The number of nitrogens with one attached hydrogen (secondary N) is 1.